The molecule has 2 aliphatic carbocycles. The minimum Gasteiger partial charge on any atom is -0.298 e. The summed E-state index contributed by atoms with van der Waals surface area (Å²) in [6, 6.07) is 0.637. The zero-order valence-electron chi connectivity index (χ0n) is 9.13. The molecule has 0 heterocycles. The van der Waals surface area contributed by atoms with Crippen LogP contribution in [-0.4, -0.2) is 12.1 Å². The van der Waals surface area contributed by atoms with E-state index >= 15 is 0 Å². The van der Waals surface area contributed by atoms with Crippen molar-refractivity contribution >= 4 is 0 Å². The Kier molecular flexibility index (Phi) is 4.26. The molecule has 0 aliphatic heterocycles. The molecule has 0 aromatic carbocycles. The Morgan fingerprint density at radius 1 is 0.714 bits per heavy atom. The van der Waals surface area contributed by atoms with E-state index in [0.29, 0.717) is 12.1 Å². The summed E-state index contributed by atoms with van der Waals surface area (Å²) >= 11 is 0. The van der Waals surface area contributed by atoms with Gasteiger partial charge in [0, 0.05) is 6.04 Å². The lowest BCUT2D eigenvalue weighted by atomic mass is 10.1. The zero-order valence-corrected chi connectivity index (χ0v) is 9.13. The Bertz CT molecular complexity index is 146. The van der Waals surface area contributed by atoms with Crippen LogP contribution in [0.5, 0.6) is 0 Å². The van der Waals surface area contributed by atoms with Gasteiger partial charge in [0.1, 0.15) is 0 Å². The molecule has 0 unspecified atom stereocenters. The molecule has 2 saturated carbocycles. The van der Waals surface area contributed by atoms with Crippen LogP contribution in [0.2, 0.25) is 0 Å². The van der Waals surface area contributed by atoms with Gasteiger partial charge in [-0.1, -0.05) is 38.5 Å². The van der Waals surface area contributed by atoms with E-state index < -0.39 is 0 Å². The normalized spacial score (nSPS) is 26.6. The zero-order chi connectivity index (χ0) is 9.64. The van der Waals surface area contributed by atoms with Gasteiger partial charge in [0.15, 0.2) is 0 Å². The molecule has 2 fully saturated rings. The Labute approximate surface area is 87.4 Å². The number of hydrogen-bond acceptors (Lipinski definition) is 2. The second-order valence-electron chi connectivity index (χ2n) is 4.83. The standard InChI is InChI=1S/C12H23NO/c1-2-4-8-11(7-3-1)13-14-12-9-5-6-10-12/h11-13H,1-10H2. The van der Waals surface area contributed by atoms with Crippen LogP contribution in [0, 0.1) is 0 Å². The molecule has 0 amide bonds. The Morgan fingerprint density at radius 3 is 1.93 bits per heavy atom. The Balaban J connectivity index is 1.62. The van der Waals surface area contributed by atoms with Crippen molar-refractivity contribution in [3.05, 3.63) is 0 Å². The van der Waals surface area contributed by atoms with Crippen LogP contribution < -0.4 is 5.48 Å². The quantitative estimate of drug-likeness (QED) is 0.554. The first-order valence-corrected chi connectivity index (χ1v) is 6.36. The number of hydroxylamine groups is 1. The molecule has 0 aromatic rings. The average molecular weight is 197 g/mol. The molecule has 0 bridgehead atoms. The smallest absolute Gasteiger partial charge is 0.0790 e. The second kappa shape index (κ2) is 5.72. The van der Waals surface area contributed by atoms with Gasteiger partial charge in [-0.2, -0.15) is 5.48 Å². The first kappa shape index (κ1) is 10.4. The number of hydrogen-bond donors (Lipinski definition) is 1. The first-order chi connectivity index (χ1) is 6.95. The fourth-order valence-electron chi connectivity index (χ4n) is 2.60. The van der Waals surface area contributed by atoms with Gasteiger partial charge >= 0.3 is 0 Å². The predicted molar refractivity (Wildman–Crippen MR) is 58.0 cm³/mol. The molecule has 0 atom stereocenters. The molecule has 2 rings (SSSR count). The summed E-state index contributed by atoms with van der Waals surface area (Å²) in [4.78, 5) is 5.75. The van der Waals surface area contributed by atoms with E-state index in [9.17, 15) is 0 Å². The van der Waals surface area contributed by atoms with Crippen molar-refractivity contribution in [2.45, 2.75) is 76.4 Å². The summed E-state index contributed by atoms with van der Waals surface area (Å²) in [6.45, 7) is 0. The molecular weight excluding hydrogens is 174 g/mol. The van der Waals surface area contributed by atoms with Gasteiger partial charge < -0.3 is 0 Å². The van der Waals surface area contributed by atoms with Crippen LogP contribution in [0.25, 0.3) is 0 Å². The average Bonchev–Trinajstić information content (AvgIpc) is 2.58. The lowest BCUT2D eigenvalue weighted by molar-refractivity contribution is -0.0425. The van der Waals surface area contributed by atoms with Gasteiger partial charge in [-0.15, -0.1) is 0 Å². The molecular formula is C12H23NO. The molecule has 2 aliphatic rings. The minimum atomic E-state index is 0.512. The second-order valence-corrected chi connectivity index (χ2v) is 4.83. The van der Waals surface area contributed by atoms with Gasteiger partial charge in [0.25, 0.3) is 0 Å². The van der Waals surface area contributed by atoms with Gasteiger partial charge in [-0.25, -0.2) is 0 Å². The molecule has 1 N–H and O–H groups in total. The van der Waals surface area contributed by atoms with Crippen molar-refractivity contribution in [3.63, 3.8) is 0 Å². The topological polar surface area (TPSA) is 21.3 Å². The fraction of sp³-hybridized carbons (Fsp3) is 1.00. The van der Waals surface area contributed by atoms with Crippen LogP contribution >= 0.6 is 0 Å². The molecule has 0 aromatic heterocycles. The monoisotopic (exact) mass is 197 g/mol. The Hall–Kier alpha value is -0.0800. The third-order valence-electron chi connectivity index (χ3n) is 3.56. The molecule has 2 nitrogen and oxygen atoms in total. The van der Waals surface area contributed by atoms with Crippen LogP contribution in [0.4, 0.5) is 0 Å². The van der Waals surface area contributed by atoms with Crippen molar-refractivity contribution in [1.82, 2.24) is 5.48 Å². The summed E-state index contributed by atoms with van der Waals surface area (Å²) in [5.41, 5.74) is 3.30. The third-order valence-corrected chi connectivity index (χ3v) is 3.56. The maximum Gasteiger partial charge on any atom is 0.0790 e. The van der Waals surface area contributed by atoms with E-state index in [4.69, 9.17) is 4.84 Å². The van der Waals surface area contributed by atoms with Gasteiger partial charge in [0.2, 0.25) is 0 Å². The maximum atomic E-state index is 5.75. The highest BCUT2D eigenvalue weighted by atomic mass is 16.7. The highest BCUT2D eigenvalue weighted by Crippen LogP contribution is 2.22. The van der Waals surface area contributed by atoms with E-state index in [-0.39, 0.29) is 0 Å². The van der Waals surface area contributed by atoms with Crippen LogP contribution in [0.1, 0.15) is 64.2 Å². The van der Waals surface area contributed by atoms with Crippen molar-refractivity contribution in [2.24, 2.45) is 0 Å². The van der Waals surface area contributed by atoms with Crippen LogP contribution in [0.15, 0.2) is 0 Å². The highest BCUT2D eigenvalue weighted by molar-refractivity contribution is 4.69. The summed E-state index contributed by atoms with van der Waals surface area (Å²) in [5, 5.41) is 0. The summed E-state index contributed by atoms with van der Waals surface area (Å²) < 4.78 is 0. The molecule has 2 heteroatoms. The maximum absolute atomic E-state index is 5.75. The summed E-state index contributed by atoms with van der Waals surface area (Å²) in [7, 11) is 0. The number of rotatable bonds is 3. The highest BCUT2D eigenvalue weighted by Gasteiger charge is 2.18. The molecule has 0 spiro atoms. The predicted octanol–water partition coefficient (Wildman–Crippen LogP) is 3.17. The minimum absolute atomic E-state index is 0.512. The third kappa shape index (κ3) is 3.25. The number of nitrogens with one attached hydrogen (secondary N) is 1. The van der Waals surface area contributed by atoms with Crippen LogP contribution in [0.3, 0.4) is 0 Å². The van der Waals surface area contributed by atoms with E-state index in [0.717, 1.165) is 0 Å². The Morgan fingerprint density at radius 2 is 1.29 bits per heavy atom. The largest absolute Gasteiger partial charge is 0.298 e. The van der Waals surface area contributed by atoms with Gasteiger partial charge in [0.05, 0.1) is 6.10 Å². The van der Waals surface area contributed by atoms with Gasteiger partial charge in [-0.3, -0.25) is 4.84 Å². The van der Waals surface area contributed by atoms with Crippen LogP contribution in [-0.2, 0) is 4.84 Å². The summed E-state index contributed by atoms with van der Waals surface area (Å²) in [6.07, 6.45) is 14.0. The van der Waals surface area contributed by atoms with E-state index in [1.54, 1.807) is 0 Å². The summed E-state index contributed by atoms with van der Waals surface area (Å²) in [5.74, 6) is 0. The SMILES string of the molecule is C1CCCC(NOC2CCCC2)CC1. The van der Waals surface area contributed by atoms with E-state index in [1.165, 1.54) is 64.2 Å². The fourth-order valence-corrected chi connectivity index (χ4v) is 2.60. The van der Waals surface area contributed by atoms with Crippen molar-refractivity contribution in [1.29, 1.82) is 0 Å². The van der Waals surface area contributed by atoms with E-state index in [2.05, 4.69) is 5.48 Å². The lowest BCUT2D eigenvalue weighted by Gasteiger charge is -2.19. The molecule has 14 heavy (non-hydrogen) atoms. The van der Waals surface area contributed by atoms with Crippen molar-refractivity contribution in [2.75, 3.05) is 0 Å². The van der Waals surface area contributed by atoms with Crippen molar-refractivity contribution < 1.29 is 4.84 Å². The van der Waals surface area contributed by atoms with Gasteiger partial charge in [-0.05, 0) is 25.7 Å². The first-order valence-electron chi connectivity index (χ1n) is 6.36. The van der Waals surface area contributed by atoms with E-state index in [1.807, 2.05) is 0 Å². The van der Waals surface area contributed by atoms with Crippen molar-refractivity contribution in [3.8, 4) is 0 Å². The molecule has 82 valence electrons. The molecule has 0 saturated heterocycles. The molecule has 0 radical (unpaired) electrons. The lowest BCUT2D eigenvalue weighted by Crippen LogP contribution is -2.32.